The van der Waals surface area contributed by atoms with Crippen LogP contribution in [0.4, 0.5) is 0 Å². The lowest BCUT2D eigenvalue weighted by molar-refractivity contribution is -0.133. The highest BCUT2D eigenvalue weighted by Gasteiger charge is 2.26. The first kappa shape index (κ1) is 22.6. The summed E-state index contributed by atoms with van der Waals surface area (Å²) in [6, 6.07) is 7.75. The van der Waals surface area contributed by atoms with Crippen LogP contribution in [0.2, 0.25) is 0 Å². The molecule has 2 aromatic heterocycles. The van der Waals surface area contributed by atoms with E-state index in [9.17, 15) is 9.59 Å². The molecule has 32 heavy (non-hydrogen) atoms. The fourth-order valence-corrected chi connectivity index (χ4v) is 4.84. The van der Waals surface area contributed by atoms with Crippen LogP contribution in [0, 0.1) is 0 Å². The number of hydrogen-bond acceptors (Lipinski definition) is 5. The third kappa shape index (κ3) is 5.44. The largest absolute Gasteiger partial charge is 0.342 e. The van der Waals surface area contributed by atoms with Crippen molar-refractivity contribution in [3.63, 3.8) is 0 Å². The second-order valence-electron chi connectivity index (χ2n) is 9.33. The highest BCUT2D eigenvalue weighted by Crippen LogP contribution is 2.27. The van der Waals surface area contributed by atoms with Crippen molar-refractivity contribution in [2.45, 2.75) is 70.4 Å². The summed E-state index contributed by atoms with van der Waals surface area (Å²) in [4.78, 5) is 38.8. The molecule has 1 saturated heterocycles. The first-order chi connectivity index (χ1) is 15.5. The van der Waals surface area contributed by atoms with Crippen molar-refractivity contribution in [3.05, 3.63) is 58.0 Å². The molecule has 0 bridgehead atoms. The molecule has 0 aromatic carbocycles. The van der Waals surface area contributed by atoms with Gasteiger partial charge in [-0.25, -0.2) is 4.98 Å². The van der Waals surface area contributed by atoms with E-state index in [4.69, 9.17) is 4.98 Å². The fraction of sp³-hybridized carbons (Fsp3) is 0.600. The molecule has 2 aliphatic heterocycles. The Morgan fingerprint density at radius 3 is 2.75 bits per heavy atom. The molecule has 0 unspecified atom stereocenters. The van der Waals surface area contributed by atoms with Crippen LogP contribution in [0.3, 0.4) is 0 Å². The second-order valence-corrected chi connectivity index (χ2v) is 9.33. The zero-order valence-corrected chi connectivity index (χ0v) is 19.4. The molecule has 1 amide bonds. The van der Waals surface area contributed by atoms with Crippen molar-refractivity contribution in [2.75, 3.05) is 26.7 Å². The molecule has 7 heteroatoms. The molecule has 0 aliphatic carbocycles. The number of aromatic nitrogens is 3. The van der Waals surface area contributed by atoms with Gasteiger partial charge >= 0.3 is 0 Å². The highest BCUT2D eigenvalue weighted by atomic mass is 16.2. The van der Waals surface area contributed by atoms with E-state index >= 15 is 0 Å². The number of hydrogen-bond donors (Lipinski definition) is 0. The number of rotatable bonds is 6. The number of nitrogens with zero attached hydrogens (tertiary/aromatic N) is 5. The molecule has 0 saturated carbocycles. The molecule has 0 N–H and O–H groups in total. The van der Waals surface area contributed by atoms with E-state index in [1.54, 1.807) is 12.3 Å². The predicted octanol–water partition coefficient (Wildman–Crippen LogP) is 2.63. The van der Waals surface area contributed by atoms with Crippen LogP contribution in [0.15, 0.2) is 35.3 Å². The van der Waals surface area contributed by atoms with Crippen LogP contribution in [0.5, 0.6) is 0 Å². The Bertz CT molecular complexity index is 966. The van der Waals surface area contributed by atoms with Gasteiger partial charge in [-0.1, -0.05) is 12.5 Å². The maximum atomic E-state index is 12.8. The number of carbonyl (C=O) groups is 1. The zero-order chi connectivity index (χ0) is 22.5. The first-order valence-electron chi connectivity index (χ1n) is 12.0. The standard InChI is InChI=1S/C25H35N5O2/c1-19(16-21-8-5-6-12-26-21)28(2)25(32)18-29-14-10-20(11-15-29)22-17-24(31)30-13-7-3-4-9-23(30)27-22/h5-6,8,12,17,19-20H,3-4,7,9-11,13-16,18H2,1-2H3/t19-/m0/s1. The van der Waals surface area contributed by atoms with E-state index in [0.717, 1.165) is 75.4 Å². The monoisotopic (exact) mass is 437 g/mol. The van der Waals surface area contributed by atoms with Gasteiger partial charge < -0.3 is 4.90 Å². The fourth-order valence-electron chi connectivity index (χ4n) is 4.84. The summed E-state index contributed by atoms with van der Waals surface area (Å²) in [5, 5.41) is 0. The summed E-state index contributed by atoms with van der Waals surface area (Å²) in [5.74, 6) is 1.42. The average Bonchev–Trinajstić information content (AvgIpc) is 3.05. The quantitative estimate of drug-likeness (QED) is 0.695. The van der Waals surface area contributed by atoms with Crippen LogP contribution < -0.4 is 5.56 Å². The lowest BCUT2D eigenvalue weighted by Gasteiger charge is -2.33. The van der Waals surface area contributed by atoms with E-state index in [2.05, 4.69) is 16.8 Å². The molecular weight excluding hydrogens is 402 g/mol. The molecule has 1 fully saturated rings. The van der Waals surface area contributed by atoms with Crippen LogP contribution >= 0.6 is 0 Å². The number of pyridine rings is 1. The van der Waals surface area contributed by atoms with Gasteiger partial charge in [0, 0.05) is 56.4 Å². The molecule has 1 atom stereocenters. The van der Waals surface area contributed by atoms with Crippen molar-refractivity contribution in [1.29, 1.82) is 0 Å². The summed E-state index contributed by atoms with van der Waals surface area (Å²) in [6.45, 7) is 5.03. The molecule has 4 rings (SSSR count). The Morgan fingerprint density at radius 2 is 2.00 bits per heavy atom. The number of piperidine rings is 1. The van der Waals surface area contributed by atoms with Gasteiger partial charge in [0.25, 0.3) is 5.56 Å². The normalized spacial score (nSPS) is 18.6. The molecule has 2 aromatic rings. The molecule has 7 nitrogen and oxygen atoms in total. The Morgan fingerprint density at radius 1 is 1.19 bits per heavy atom. The summed E-state index contributed by atoms with van der Waals surface area (Å²) in [7, 11) is 1.88. The Hall–Kier alpha value is -2.54. The van der Waals surface area contributed by atoms with Gasteiger partial charge in [-0.3, -0.25) is 24.0 Å². The van der Waals surface area contributed by atoms with Gasteiger partial charge in [-0.05, 0) is 57.8 Å². The molecular formula is C25H35N5O2. The van der Waals surface area contributed by atoms with E-state index in [-0.39, 0.29) is 17.5 Å². The molecule has 4 heterocycles. The van der Waals surface area contributed by atoms with Crippen molar-refractivity contribution >= 4 is 5.91 Å². The number of carbonyl (C=O) groups excluding carboxylic acids is 1. The van der Waals surface area contributed by atoms with Crippen molar-refractivity contribution < 1.29 is 4.79 Å². The number of fused-ring (bicyclic) bond motifs is 1. The second kappa shape index (κ2) is 10.4. The highest BCUT2D eigenvalue weighted by molar-refractivity contribution is 5.78. The number of likely N-dealkylation sites (N-methyl/N-ethyl adjacent to an activating group) is 1. The molecule has 0 spiro atoms. The number of likely N-dealkylation sites (tertiary alicyclic amines) is 1. The Kier molecular flexibility index (Phi) is 7.35. The Labute approximate surface area is 190 Å². The minimum atomic E-state index is 0.103. The smallest absolute Gasteiger partial charge is 0.253 e. The number of amides is 1. The molecule has 2 aliphatic rings. The van der Waals surface area contributed by atoms with E-state index < -0.39 is 0 Å². The minimum Gasteiger partial charge on any atom is -0.342 e. The maximum absolute atomic E-state index is 12.8. The van der Waals surface area contributed by atoms with Gasteiger partial charge in [0.05, 0.1) is 12.2 Å². The lowest BCUT2D eigenvalue weighted by atomic mass is 9.93. The maximum Gasteiger partial charge on any atom is 0.253 e. The first-order valence-corrected chi connectivity index (χ1v) is 12.0. The summed E-state index contributed by atoms with van der Waals surface area (Å²) in [6.07, 6.45) is 8.68. The van der Waals surface area contributed by atoms with E-state index in [1.165, 1.54) is 6.42 Å². The summed E-state index contributed by atoms with van der Waals surface area (Å²) in [5.41, 5.74) is 2.06. The van der Waals surface area contributed by atoms with Crippen molar-refractivity contribution in [2.24, 2.45) is 0 Å². The predicted molar refractivity (Wildman–Crippen MR) is 125 cm³/mol. The summed E-state index contributed by atoms with van der Waals surface area (Å²) >= 11 is 0. The third-order valence-corrected chi connectivity index (χ3v) is 7.04. The van der Waals surface area contributed by atoms with Gasteiger partial charge in [0.2, 0.25) is 5.91 Å². The van der Waals surface area contributed by atoms with Crippen molar-refractivity contribution in [1.82, 2.24) is 24.3 Å². The molecule has 0 radical (unpaired) electrons. The zero-order valence-electron chi connectivity index (χ0n) is 19.4. The average molecular weight is 438 g/mol. The van der Waals surface area contributed by atoms with Gasteiger partial charge in [-0.15, -0.1) is 0 Å². The van der Waals surface area contributed by atoms with Crippen LogP contribution in [0.1, 0.15) is 62.2 Å². The topological polar surface area (TPSA) is 71.3 Å². The summed E-state index contributed by atoms with van der Waals surface area (Å²) < 4.78 is 1.87. The molecule has 172 valence electrons. The van der Waals surface area contributed by atoms with Crippen molar-refractivity contribution in [3.8, 4) is 0 Å². The van der Waals surface area contributed by atoms with Gasteiger partial charge in [0.15, 0.2) is 0 Å². The Balaban J connectivity index is 1.30. The van der Waals surface area contributed by atoms with E-state index in [0.29, 0.717) is 12.5 Å². The third-order valence-electron chi connectivity index (χ3n) is 7.04. The minimum absolute atomic E-state index is 0.103. The van der Waals surface area contributed by atoms with E-state index in [1.807, 2.05) is 34.7 Å². The van der Waals surface area contributed by atoms with Crippen LogP contribution in [-0.4, -0.2) is 63.0 Å². The van der Waals surface area contributed by atoms with Gasteiger partial charge in [-0.2, -0.15) is 0 Å². The number of aryl methyl sites for hydroxylation is 1. The van der Waals surface area contributed by atoms with Gasteiger partial charge in [0.1, 0.15) is 5.82 Å². The van der Waals surface area contributed by atoms with Crippen LogP contribution in [0.25, 0.3) is 0 Å². The lowest BCUT2D eigenvalue weighted by Crippen LogP contribution is -2.45. The SMILES string of the molecule is C[C@@H](Cc1ccccn1)N(C)C(=O)CN1CCC(c2cc(=O)n3c(n2)CCCCC3)CC1. The van der Waals surface area contributed by atoms with Crippen LogP contribution in [-0.2, 0) is 24.2 Å².